The summed E-state index contributed by atoms with van der Waals surface area (Å²) in [5.41, 5.74) is -0.343. The van der Waals surface area contributed by atoms with Crippen LogP contribution in [0.15, 0.2) is 8.71 Å². The molecule has 9 heavy (non-hydrogen) atoms. The summed E-state index contributed by atoms with van der Waals surface area (Å²) in [6.07, 6.45) is 0.273. The van der Waals surface area contributed by atoms with Crippen molar-refractivity contribution in [3.8, 4) is 0 Å². The van der Waals surface area contributed by atoms with Crippen LogP contribution in [-0.2, 0) is 24.4 Å². The molecular formula is C3H3N3O2W. The van der Waals surface area contributed by atoms with Crippen molar-refractivity contribution in [2.24, 2.45) is 8.71 Å². The van der Waals surface area contributed by atoms with Crippen molar-refractivity contribution < 1.29 is 29.5 Å². The van der Waals surface area contributed by atoms with E-state index in [4.69, 9.17) is 10.5 Å². The topological polar surface area (TPSA) is 85.9 Å². The van der Waals surface area contributed by atoms with Gasteiger partial charge in [0.1, 0.15) is 0 Å². The van der Waals surface area contributed by atoms with Crippen LogP contribution in [0.25, 0.3) is 0 Å². The predicted octanol–water partition coefficient (Wildman–Crippen LogP) is -0.193. The number of hydrogen-bond acceptors (Lipinski definition) is 4. The van der Waals surface area contributed by atoms with E-state index in [9.17, 15) is 4.79 Å². The zero-order valence-electron chi connectivity index (χ0n) is 4.24. The second-order valence-corrected chi connectivity index (χ2v) is 1.62. The molecule has 0 spiro atoms. The normalized spacial score (nSPS) is 10.4. The fourth-order valence-corrected chi connectivity index (χ4v) is 0.487. The molecule has 0 saturated heterocycles. The molecule has 2 N–H and O–H groups in total. The van der Waals surface area contributed by atoms with Gasteiger partial charge in [0.05, 0.1) is 0 Å². The standard InChI is InChI=1S/C3H3N3O2.W/c4-3(8)2(1-7)6-5;/h1H,(H2,4,8);. The van der Waals surface area contributed by atoms with Crippen molar-refractivity contribution in [2.45, 2.75) is 0 Å². The van der Waals surface area contributed by atoms with Gasteiger partial charge in [-0.3, -0.25) is 0 Å². The first-order valence-corrected chi connectivity index (χ1v) is 3.17. The van der Waals surface area contributed by atoms with Crippen LogP contribution >= 0.6 is 0 Å². The molecule has 0 aliphatic heterocycles. The van der Waals surface area contributed by atoms with E-state index < -0.39 is 5.90 Å². The molecule has 0 aromatic rings. The Labute approximate surface area is 62.0 Å². The molecule has 0 bridgehead atoms. The van der Waals surface area contributed by atoms with E-state index in [0.717, 1.165) is 19.6 Å². The summed E-state index contributed by atoms with van der Waals surface area (Å²) in [5.74, 6) is -0.852. The van der Waals surface area contributed by atoms with Crippen LogP contribution in [0, 0.1) is 5.41 Å². The Bertz CT molecular complexity index is 176. The number of aldehydes is 1. The van der Waals surface area contributed by atoms with Crippen molar-refractivity contribution >= 4 is 17.9 Å². The van der Waals surface area contributed by atoms with Crippen LogP contribution < -0.4 is 0 Å². The Hall–Kier alpha value is -0.702. The van der Waals surface area contributed by atoms with Gasteiger partial charge in [0.2, 0.25) is 0 Å². The second kappa shape index (κ2) is 4.20. The summed E-state index contributed by atoms with van der Waals surface area (Å²) in [6, 6.07) is 0. The fraction of sp³-hybridized carbons (Fsp3) is 0. The molecule has 48 valence electrons. The van der Waals surface area contributed by atoms with E-state index in [2.05, 4.69) is 8.71 Å². The molecular weight excluding hydrogens is 294 g/mol. The van der Waals surface area contributed by atoms with E-state index in [1.807, 2.05) is 0 Å². The van der Waals surface area contributed by atoms with Gasteiger partial charge < -0.3 is 0 Å². The summed E-state index contributed by atoms with van der Waals surface area (Å²) < 4.78 is 3.27. The van der Waals surface area contributed by atoms with Crippen molar-refractivity contribution in [1.82, 2.24) is 0 Å². The van der Waals surface area contributed by atoms with Crippen LogP contribution in [0.1, 0.15) is 0 Å². The van der Waals surface area contributed by atoms with Crippen LogP contribution in [0.2, 0.25) is 0 Å². The summed E-state index contributed by atoms with van der Waals surface area (Å²) in [4.78, 5) is 9.85. The molecule has 0 unspecified atom stereocenters. The summed E-state index contributed by atoms with van der Waals surface area (Å²) >= 11 is 0.811. The third kappa shape index (κ3) is 2.98. The average Bonchev–Trinajstić information content (AvgIpc) is 1.82. The van der Waals surface area contributed by atoms with Gasteiger partial charge >= 0.3 is 61.5 Å². The molecule has 0 amide bonds. The molecule has 0 saturated carbocycles. The average molecular weight is 297 g/mol. The molecule has 5 nitrogen and oxygen atoms in total. The van der Waals surface area contributed by atoms with E-state index in [-0.39, 0.29) is 12.0 Å². The first-order valence-electron chi connectivity index (χ1n) is 1.85. The Morgan fingerprint density at radius 1 is 1.78 bits per heavy atom. The zero-order chi connectivity index (χ0) is 7.28. The van der Waals surface area contributed by atoms with E-state index in [1.54, 1.807) is 0 Å². The second-order valence-electron chi connectivity index (χ2n) is 1.03. The molecule has 0 fully saturated rings. The molecule has 0 aromatic carbocycles. The van der Waals surface area contributed by atoms with Crippen LogP contribution in [-0.4, -0.2) is 23.0 Å². The monoisotopic (exact) mass is 297 g/mol. The number of rotatable bonds is 3. The van der Waals surface area contributed by atoms with Gasteiger partial charge in [0.15, 0.2) is 0 Å². The molecule has 0 aromatic heterocycles. The molecule has 0 aliphatic carbocycles. The first-order chi connectivity index (χ1) is 4.22. The Balaban J connectivity index is 4.32. The van der Waals surface area contributed by atoms with E-state index in [1.165, 1.54) is 0 Å². The maximum absolute atomic E-state index is 9.85. The number of nitrogens with one attached hydrogen (secondary N) is 1. The van der Waals surface area contributed by atoms with Crippen molar-refractivity contribution in [3.05, 3.63) is 0 Å². The molecule has 0 atom stereocenters. The summed E-state index contributed by atoms with van der Waals surface area (Å²) in [7, 11) is 0. The minimum atomic E-state index is -0.852. The number of aliphatic hydroxyl groups is 1. The van der Waals surface area contributed by atoms with Gasteiger partial charge in [-0.15, -0.1) is 0 Å². The van der Waals surface area contributed by atoms with Gasteiger partial charge in [-0.1, -0.05) is 0 Å². The van der Waals surface area contributed by atoms with E-state index in [0.29, 0.717) is 0 Å². The van der Waals surface area contributed by atoms with Gasteiger partial charge in [-0.05, 0) is 0 Å². The van der Waals surface area contributed by atoms with Crippen LogP contribution in [0.4, 0.5) is 0 Å². The molecule has 6 heteroatoms. The van der Waals surface area contributed by atoms with Crippen LogP contribution in [0.3, 0.4) is 0 Å². The fourth-order valence-electron chi connectivity index (χ4n) is 0.171. The predicted molar refractivity (Wildman–Crippen MR) is 26.3 cm³/mol. The van der Waals surface area contributed by atoms with Gasteiger partial charge in [0.25, 0.3) is 0 Å². The van der Waals surface area contributed by atoms with Crippen molar-refractivity contribution in [1.29, 1.82) is 5.41 Å². The number of hydrogen-bond donors (Lipinski definition) is 2. The Morgan fingerprint density at radius 3 is 2.44 bits per heavy atom. The molecule has 0 radical (unpaired) electrons. The quantitative estimate of drug-likeness (QED) is 0.327. The SMILES string of the molecule is N=C(O)C(C=O)=N[N]=[W]. The number of carbonyl (C=O) groups excluding carboxylic acids is 1. The van der Waals surface area contributed by atoms with Crippen molar-refractivity contribution in [2.75, 3.05) is 0 Å². The summed E-state index contributed by atoms with van der Waals surface area (Å²) in [6.45, 7) is 0. The number of nitrogens with zero attached hydrogens (tertiary/aromatic N) is 2. The number of aliphatic hydroxyl groups excluding tert-OH is 1. The molecule has 0 aliphatic rings. The van der Waals surface area contributed by atoms with Gasteiger partial charge in [-0.2, -0.15) is 0 Å². The Kier molecular flexibility index (Phi) is 3.88. The van der Waals surface area contributed by atoms with Gasteiger partial charge in [0, 0.05) is 0 Å². The first kappa shape index (κ1) is 8.30. The number of carbonyl (C=O) groups is 1. The zero-order valence-corrected chi connectivity index (χ0v) is 7.17. The maximum atomic E-state index is 9.85. The third-order valence-corrected chi connectivity index (χ3v) is 0.796. The van der Waals surface area contributed by atoms with Crippen molar-refractivity contribution in [3.63, 3.8) is 0 Å². The van der Waals surface area contributed by atoms with E-state index >= 15 is 0 Å². The van der Waals surface area contributed by atoms with Crippen LogP contribution in [0.5, 0.6) is 0 Å². The molecule has 0 heterocycles. The minimum absolute atomic E-state index is 0.273. The summed E-state index contributed by atoms with van der Waals surface area (Å²) in [5, 5.41) is 18.0. The molecule has 0 rings (SSSR count). The Morgan fingerprint density at radius 2 is 2.33 bits per heavy atom. The van der Waals surface area contributed by atoms with Gasteiger partial charge in [-0.25, -0.2) is 0 Å². The third-order valence-electron chi connectivity index (χ3n) is 0.503.